The van der Waals surface area contributed by atoms with E-state index in [9.17, 15) is 9.59 Å². The Morgan fingerprint density at radius 2 is 2.00 bits per heavy atom. The second kappa shape index (κ2) is 8.52. The molecule has 0 spiro atoms. The third-order valence-corrected chi connectivity index (χ3v) is 4.78. The molecule has 0 bridgehead atoms. The summed E-state index contributed by atoms with van der Waals surface area (Å²) in [6.07, 6.45) is 10.9. The second-order valence-corrected chi connectivity index (χ2v) is 6.88. The van der Waals surface area contributed by atoms with Crippen molar-refractivity contribution in [2.24, 2.45) is 0 Å². The standard InChI is InChI=1S/C22H21N5O2/c28-21(6-3-5-18-4-1-2-9-24-18)27-14-19(15-27)26-20-12-17(13-25-22(20)29)16-7-10-23-11-8-16/h1-4,6-13,19,26H,5,14-15H2,(H,25,29). The Morgan fingerprint density at radius 3 is 2.76 bits per heavy atom. The van der Waals surface area contributed by atoms with Crippen LogP contribution in [0, 0.1) is 0 Å². The van der Waals surface area contributed by atoms with Crippen LogP contribution in [0.4, 0.5) is 5.69 Å². The van der Waals surface area contributed by atoms with Crippen molar-refractivity contribution >= 4 is 11.6 Å². The Kier molecular flexibility index (Phi) is 5.47. The summed E-state index contributed by atoms with van der Waals surface area (Å²) >= 11 is 0. The molecule has 3 aromatic heterocycles. The average molecular weight is 387 g/mol. The third kappa shape index (κ3) is 4.57. The van der Waals surface area contributed by atoms with E-state index in [1.807, 2.05) is 42.5 Å². The van der Waals surface area contributed by atoms with Crippen LogP contribution in [0.3, 0.4) is 0 Å². The first-order chi connectivity index (χ1) is 14.2. The van der Waals surface area contributed by atoms with Gasteiger partial charge in [0, 0.05) is 55.6 Å². The lowest BCUT2D eigenvalue weighted by atomic mass is 10.1. The summed E-state index contributed by atoms with van der Waals surface area (Å²) in [6, 6.07) is 11.4. The molecule has 146 valence electrons. The number of carbonyl (C=O) groups excluding carboxylic acids is 1. The van der Waals surface area contributed by atoms with Crippen LogP contribution in [-0.4, -0.2) is 44.9 Å². The zero-order valence-corrected chi connectivity index (χ0v) is 15.8. The van der Waals surface area contributed by atoms with Gasteiger partial charge in [0.1, 0.15) is 5.69 Å². The molecular formula is C22H21N5O2. The predicted octanol–water partition coefficient (Wildman–Crippen LogP) is 2.25. The SMILES string of the molecule is O=C(C=CCc1ccccn1)N1CC(Nc2cc(-c3ccncc3)c[nH]c2=O)C1. The van der Waals surface area contributed by atoms with Crippen molar-refractivity contribution in [3.8, 4) is 11.1 Å². The van der Waals surface area contributed by atoms with Crippen molar-refractivity contribution in [3.63, 3.8) is 0 Å². The number of hydrogen-bond donors (Lipinski definition) is 2. The summed E-state index contributed by atoms with van der Waals surface area (Å²) < 4.78 is 0. The summed E-state index contributed by atoms with van der Waals surface area (Å²) in [5, 5.41) is 3.24. The molecule has 0 saturated carbocycles. The fourth-order valence-corrected chi connectivity index (χ4v) is 3.18. The second-order valence-electron chi connectivity index (χ2n) is 6.88. The fraction of sp³-hybridized carbons (Fsp3) is 0.182. The highest BCUT2D eigenvalue weighted by molar-refractivity contribution is 5.88. The largest absolute Gasteiger partial charge is 0.374 e. The highest BCUT2D eigenvalue weighted by Gasteiger charge is 2.29. The first kappa shape index (κ1) is 18.6. The van der Waals surface area contributed by atoms with Gasteiger partial charge in [0.15, 0.2) is 0 Å². The molecule has 29 heavy (non-hydrogen) atoms. The van der Waals surface area contributed by atoms with Gasteiger partial charge < -0.3 is 15.2 Å². The molecule has 4 heterocycles. The normalized spacial score (nSPS) is 14.0. The Balaban J connectivity index is 1.31. The number of aromatic nitrogens is 3. The van der Waals surface area contributed by atoms with Crippen molar-refractivity contribution in [1.29, 1.82) is 0 Å². The molecule has 1 aliphatic heterocycles. The van der Waals surface area contributed by atoms with Crippen LogP contribution >= 0.6 is 0 Å². The van der Waals surface area contributed by atoms with Crippen molar-refractivity contribution < 1.29 is 4.79 Å². The summed E-state index contributed by atoms with van der Waals surface area (Å²) in [4.78, 5) is 37.1. The topological polar surface area (TPSA) is 91.0 Å². The molecule has 0 atom stereocenters. The minimum atomic E-state index is -0.178. The smallest absolute Gasteiger partial charge is 0.271 e. The van der Waals surface area contributed by atoms with Crippen molar-refractivity contribution in [1.82, 2.24) is 19.9 Å². The molecule has 2 N–H and O–H groups in total. The number of nitrogens with one attached hydrogen (secondary N) is 2. The Labute approximate surface area is 168 Å². The Morgan fingerprint density at radius 1 is 1.17 bits per heavy atom. The molecular weight excluding hydrogens is 366 g/mol. The Bertz CT molecular complexity index is 1060. The van der Waals surface area contributed by atoms with Crippen LogP contribution < -0.4 is 10.9 Å². The summed E-state index contributed by atoms with van der Waals surface area (Å²) in [5.41, 5.74) is 3.12. The number of rotatable bonds is 6. The van der Waals surface area contributed by atoms with E-state index < -0.39 is 0 Å². The van der Waals surface area contributed by atoms with Gasteiger partial charge in [-0.25, -0.2) is 0 Å². The molecule has 4 rings (SSSR count). The molecule has 0 aliphatic carbocycles. The molecule has 1 fully saturated rings. The van der Waals surface area contributed by atoms with E-state index in [4.69, 9.17) is 0 Å². The maximum atomic E-state index is 12.2. The molecule has 0 unspecified atom stereocenters. The van der Waals surface area contributed by atoms with Crippen molar-refractivity contribution in [2.45, 2.75) is 12.5 Å². The first-order valence-electron chi connectivity index (χ1n) is 9.44. The number of aromatic amines is 1. The lowest BCUT2D eigenvalue weighted by molar-refractivity contribution is -0.129. The van der Waals surface area contributed by atoms with Gasteiger partial charge >= 0.3 is 0 Å². The van der Waals surface area contributed by atoms with Gasteiger partial charge in [0.25, 0.3) is 5.56 Å². The number of likely N-dealkylation sites (tertiary alicyclic amines) is 1. The van der Waals surface area contributed by atoms with Crippen molar-refractivity contribution in [2.75, 3.05) is 18.4 Å². The summed E-state index contributed by atoms with van der Waals surface area (Å²) in [5.74, 6) is -0.0292. The van der Waals surface area contributed by atoms with Gasteiger partial charge in [-0.2, -0.15) is 0 Å². The number of nitrogens with zero attached hydrogens (tertiary/aromatic N) is 3. The van der Waals surface area contributed by atoms with E-state index in [1.165, 1.54) is 0 Å². The number of carbonyl (C=O) groups is 1. The molecule has 3 aromatic rings. The van der Waals surface area contributed by atoms with Gasteiger partial charge in [-0.3, -0.25) is 19.6 Å². The highest BCUT2D eigenvalue weighted by atomic mass is 16.2. The number of anilines is 1. The molecule has 1 amide bonds. The van der Waals surface area contributed by atoms with Gasteiger partial charge in [-0.15, -0.1) is 0 Å². The summed E-state index contributed by atoms with van der Waals surface area (Å²) in [7, 11) is 0. The fourth-order valence-electron chi connectivity index (χ4n) is 3.18. The quantitative estimate of drug-likeness (QED) is 0.633. The van der Waals surface area contributed by atoms with Gasteiger partial charge in [-0.1, -0.05) is 12.1 Å². The maximum absolute atomic E-state index is 12.2. The molecule has 7 nitrogen and oxygen atoms in total. The predicted molar refractivity (Wildman–Crippen MR) is 111 cm³/mol. The molecule has 7 heteroatoms. The van der Waals surface area contributed by atoms with E-state index in [1.54, 1.807) is 35.8 Å². The first-order valence-corrected chi connectivity index (χ1v) is 9.44. The van der Waals surface area contributed by atoms with E-state index in [0.717, 1.165) is 16.8 Å². The number of allylic oxidation sites excluding steroid dienone is 1. The third-order valence-electron chi connectivity index (χ3n) is 4.78. The molecule has 0 radical (unpaired) electrons. The highest BCUT2D eigenvalue weighted by Crippen LogP contribution is 2.20. The van der Waals surface area contributed by atoms with E-state index in [2.05, 4.69) is 20.3 Å². The van der Waals surface area contributed by atoms with Crippen LogP contribution in [0.5, 0.6) is 0 Å². The zero-order valence-electron chi connectivity index (χ0n) is 15.8. The lowest BCUT2D eigenvalue weighted by Crippen LogP contribution is -2.57. The van der Waals surface area contributed by atoms with Crippen LogP contribution in [0.2, 0.25) is 0 Å². The average Bonchev–Trinajstić information content (AvgIpc) is 2.73. The Hall–Kier alpha value is -3.74. The van der Waals surface area contributed by atoms with Gasteiger partial charge in [0.05, 0.1) is 6.04 Å². The van der Waals surface area contributed by atoms with E-state index in [0.29, 0.717) is 25.2 Å². The minimum absolute atomic E-state index is 0.0292. The number of H-pyrrole nitrogens is 1. The number of amides is 1. The monoisotopic (exact) mass is 387 g/mol. The lowest BCUT2D eigenvalue weighted by Gasteiger charge is -2.39. The van der Waals surface area contributed by atoms with Crippen LogP contribution in [0.25, 0.3) is 11.1 Å². The number of hydrogen-bond acceptors (Lipinski definition) is 5. The zero-order chi connectivity index (χ0) is 20.1. The number of pyridine rings is 3. The van der Waals surface area contributed by atoms with E-state index >= 15 is 0 Å². The molecule has 1 saturated heterocycles. The van der Waals surface area contributed by atoms with Gasteiger partial charge in [0.2, 0.25) is 5.91 Å². The maximum Gasteiger partial charge on any atom is 0.271 e. The van der Waals surface area contributed by atoms with Crippen LogP contribution in [0.15, 0.2) is 78.1 Å². The van der Waals surface area contributed by atoms with Crippen LogP contribution in [-0.2, 0) is 11.2 Å². The molecule has 1 aliphatic rings. The van der Waals surface area contributed by atoms with Crippen molar-refractivity contribution in [3.05, 3.63) is 89.4 Å². The minimum Gasteiger partial charge on any atom is -0.374 e. The van der Waals surface area contributed by atoms with E-state index in [-0.39, 0.29) is 17.5 Å². The van der Waals surface area contributed by atoms with Crippen LogP contribution in [0.1, 0.15) is 5.69 Å². The summed E-state index contributed by atoms with van der Waals surface area (Å²) in [6.45, 7) is 1.12. The van der Waals surface area contributed by atoms with Gasteiger partial charge in [-0.05, 0) is 42.0 Å². The molecule has 0 aromatic carbocycles.